The fourth-order valence-corrected chi connectivity index (χ4v) is 5.47. The van der Waals surface area contributed by atoms with Gasteiger partial charge >= 0.3 is 0 Å². The number of hydrogen-bond donors (Lipinski definition) is 0. The van der Waals surface area contributed by atoms with E-state index in [-0.39, 0.29) is 17.1 Å². The van der Waals surface area contributed by atoms with Crippen LogP contribution in [0.25, 0.3) is 10.8 Å². The summed E-state index contributed by atoms with van der Waals surface area (Å²) in [6.07, 6.45) is 0.498. The second kappa shape index (κ2) is 9.00. The molecule has 152 valence electrons. The number of benzene rings is 2. The maximum atomic E-state index is 12.6. The van der Waals surface area contributed by atoms with Gasteiger partial charge in [-0.15, -0.1) is 23.1 Å². The van der Waals surface area contributed by atoms with Crippen LogP contribution in [0.5, 0.6) is 0 Å². The third-order valence-electron chi connectivity index (χ3n) is 4.98. The summed E-state index contributed by atoms with van der Waals surface area (Å²) in [5.74, 6) is 0.611. The fourth-order valence-electron chi connectivity index (χ4n) is 3.46. The third kappa shape index (κ3) is 4.12. The van der Waals surface area contributed by atoms with Crippen molar-refractivity contribution in [2.45, 2.75) is 25.3 Å². The van der Waals surface area contributed by atoms with Crippen molar-refractivity contribution in [3.8, 4) is 6.07 Å². The monoisotopic (exact) mass is 436 g/mol. The molecule has 1 aliphatic heterocycles. The summed E-state index contributed by atoms with van der Waals surface area (Å²) < 4.78 is 5.90. The molecule has 1 saturated heterocycles. The molecule has 0 spiro atoms. The van der Waals surface area contributed by atoms with Gasteiger partial charge in [0.15, 0.2) is 5.78 Å². The van der Waals surface area contributed by atoms with Gasteiger partial charge in [0.1, 0.15) is 5.37 Å². The third-order valence-corrected chi connectivity index (χ3v) is 7.23. The Morgan fingerprint density at radius 2 is 2.13 bits per heavy atom. The summed E-state index contributed by atoms with van der Waals surface area (Å²) in [5.41, 5.74) is 1.44. The quantitative estimate of drug-likeness (QED) is 0.488. The fraction of sp³-hybridized carbons (Fsp3) is 0.261. The first-order valence-electron chi connectivity index (χ1n) is 9.67. The Bertz CT molecular complexity index is 1150. The lowest BCUT2D eigenvalue weighted by Gasteiger charge is -2.24. The summed E-state index contributed by atoms with van der Waals surface area (Å²) in [7, 11) is 0. The number of fused-ring (bicyclic) bond motifs is 1. The largest absolute Gasteiger partial charge is 0.373 e. The first-order chi connectivity index (χ1) is 14.6. The van der Waals surface area contributed by atoms with E-state index in [1.165, 1.54) is 11.3 Å². The van der Waals surface area contributed by atoms with Crippen molar-refractivity contribution in [2.75, 3.05) is 17.3 Å². The molecule has 30 heavy (non-hydrogen) atoms. The molecule has 2 aromatic carbocycles. The van der Waals surface area contributed by atoms with Crippen LogP contribution in [0.3, 0.4) is 0 Å². The molecular weight excluding hydrogens is 416 g/mol. The molecule has 1 aliphatic rings. The van der Waals surface area contributed by atoms with E-state index in [9.17, 15) is 14.9 Å². The normalized spacial score (nSPS) is 16.2. The van der Waals surface area contributed by atoms with Crippen molar-refractivity contribution in [3.05, 3.63) is 63.8 Å². The number of nitrogens with zero attached hydrogens (tertiary/aromatic N) is 2. The maximum absolute atomic E-state index is 12.6. The SMILES string of the molecule is CCC(=O)c1ccc(COCC2SCC(=O)N2c2ccc3c(C#N)cccc3c2)s1. The molecule has 0 radical (unpaired) electrons. The number of hydrogen-bond acceptors (Lipinski definition) is 6. The first kappa shape index (κ1) is 20.6. The van der Waals surface area contributed by atoms with Crippen LogP contribution in [0.4, 0.5) is 5.69 Å². The van der Waals surface area contributed by atoms with E-state index in [1.807, 2.05) is 49.4 Å². The zero-order valence-electron chi connectivity index (χ0n) is 16.5. The molecule has 7 heteroatoms. The average Bonchev–Trinajstić information content (AvgIpc) is 3.39. The Morgan fingerprint density at radius 3 is 2.93 bits per heavy atom. The summed E-state index contributed by atoms with van der Waals surface area (Å²) in [6.45, 7) is 2.68. The number of thioether (sulfide) groups is 1. The van der Waals surface area contributed by atoms with E-state index < -0.39 is 0 Å². The molecule has 0 aliphatic carbocycles. The van der Waals surface area contributed by atoms with Gasteiger partial charge in [0.05, 0.1) is 35.5 Å². The van der Waals surface area contributed by atoms with E-state index in [2.05, 4.69) is 6.07 Å². The van der Waals surface area contributed by atoms with Crippen LogP contribution < -0.4 is 4.90 Å². The number of nitriles is 1. The zero-order valence-corrected chi connectivity index (χ0v) is 18.1. The van der Waals surface area contributed by atoms with Crippen LogP contribution in [-0.2, 0) is 16.1 Å². The second-order valence-electron chi connectivity index (χ2n) is 6.91. The van der Waals surface area contributed by atoms with E-state index >= 15 is 0 Å². The highest BCUT2D eigenvalue weighted by molar-refractivity contribution is 8.01. The molecule has 3 aromatic rings. The number of ether oxygens (including phenoxy) is 1. The van der Waals surface area contributed by atoms with Crippen LogP contribution in [0.2, 0.25) is 0 Å². The van der Waals surface area contributed by atoms with Crippen molar-refractivity contribution in [3.63, 3.8) is 0 Å². The lowest BCUT2D eigenvalue weighted by atomic mass is 10.0. The van der Waals surface area contributed by atoms with Gasteiger partial charge in [-0.3, -0.25) is 14.5 Å². The molecule has 1 unspecified atom stereocenters. The van der Waals surface area contributed by atoms with Crippen LogP contribution >= 0.6 is 23.1 Å². The van der Waals surface area contributed by atoms with E-state index in [0.29, 0.717) is 31.0 Å². The van der Waals surface area contributed by atoms with Crippen LogP contribution in [0.15, 0.2) is 48.5 Å². The minimum absolute atomic E-state index is 0.0522. The smallest absolute Gasteiger partial charge is 0.238 e. The van der Waals surface area contributed by atoms with Gasteiger partial charge in [0, 0.05) is 17.0 Å². The predicted molar refractivity (Wildman–Crippen MR) is 121 cm³/mol. The molecule has 2 heterocycles. The van der Waals surface area contributed by atoms with E-state index in [4.69, 9.17) is 4.74 Å². The minimum Gasteiger partial charge on any atom is -0.373 e. The first-order valence-corrected chi connectivity index (χ1v) is 11.5. The van der Waals surface area contributed by atoms with Crippen molar-refractivity contribution in [1.29, 1.82) is 5.26 Å². The van der Waals surface area contributed by atoms with Crippen molar-refractivity contribution in [2.24, 2.45) is 0 Å². The highest BCUT2D eigenvalue weighted by atomic mass is 32.2. The van der Waals surface area contributed by atoms with Crippen LogP contribution in [0, 0.1) is 11.3 Å². The van der Waals surface area contributed by atoms with E-state index in [1.54, 1.807) is 22.7 Å². The van der Waals surface area contributed by atoms with Crippen molar-refractivity contribution >= 4 is 51.2 Å². The highest BCUT2D eigenvalue weighted by Crippen LogP contribution is 2.33. The molecule has 1 fully saturated rings. The Kier molecular flexibility index (Phi) is 6.18. The van der Waals surface area contributed by atoms with E-state index in [0.717, 1.165) is 26.2 Å². The highest BCUT2D eigenvalue weighted by Gasteiger charge is 2.33. The molecule has 1 aromatic heterocycles. The topological polar surface area (TPSA) is 70.4 Å². The van der Waals surface area contributed by atoms with Crippen molar-refractivity contribution < 1.29 is 14.3 Å². The molecule has 0 saturated carbocycles. The van der Waals surface area contributed by atoms with Gasteiger partial charge < -0.3 is 4.74 Å². The summed E-state index contributed by atoms with van der Waals surface area (Å²) in [5, 5.41) is 11.0. The Hall–Kier alpha value is -2.66. The Balaban J connectivity index is 1.46. The molecule has 4 rings (SSSR count). The number of amides is 1. The summed E-state index contributed by atoms with van der Waals surface area (Å²) in [6, 6.07) is 17.3. The molecule has 5 nitrogen and oxygen atoms in total. The number of thiophene rings is 1. The predicted octanol–water partition coefficient (Wildman–Crippen LogP) is 4.99. The average molecular weight is 437 g/mol. The second-order valence-corrected chi connectivity index (χ2v) is 9.24. The maximum Gasteiger partial charge on any atom is 0.238 e. The summed E-state index contributed by atoms with van der Waals surface area (Å²) in [4.78, 5) is 27.9. The lowest BCUT2D eigenvalue weighted by molar-refractivity contribution is -0.116. The Labute approximate surface area is 183 Å². The van der Waals surface area contributed by atoms with Gasteiger partial charge in [-0.2, -0.15) is 5.26 Å². The molecule has 0 bridgehead atoms. The molecular formula is C23H20N2O3S2. The standard InChI is InChI=1S/C23H20N2O3S2/c1-2-20(26)21-9-7-18(30-21)12-28-13-23-25(22(27)14-29-23)17-6-8-19-15(10-17)4-3-5-16(19)11-24/h3-10,23H,2,12-14H2,1H3. The van der Waals surface area contributed by atoms with Crippen molar-refractivity contribution in [1.82, 2.24) is 0 Å². The number of carbonyl (C=O) groups excluding carboxylic acids is 2. The minimum atomic E-state index is -0.106. The van der Waals surface area contributed by atoms with Gasteiger partial charge in [-0.25, -0.2) is 0 Å². The molecule has 1 atom stereocenters. The number of rotatable bonds is 7. The van der Waals surface area contributed by atoms with Gasteiger partial charge in [-0.1, -0.05) is 25.1 Å². The summed E-state index contributed by atoms with van der Waals surface area (Å²) >= 11 is 3.03. The molecule has 1 amide bonds. The lowest BCUT2D eigenvalue weighted by Crippen LogP contribution is -2.35. The van der Waals surface area contributed by atoms with Gasteiger partial charge in [0.2, 0.25) is 5.91 Å². The van der Waals surface area contributed by atoms with Crippen LogP contribution in [0.1, 0.15) is 33.5 Å². The number of anilines is 1. The molecule has 0 N–H and O–H groups in total. The Morgan fingerprint density at radius 1 is 1.27 bits per heavy atom. The number of ketones is 1. The van der Waals surface area contributed by atoms with Gasteiger partial charge in [-0.05, 0) is 41.1 Å². The van der Waals surface area contributed by atoms with Crippen LogP contribution in [-0.4, -0.2) is 29.4 Å². The zero-order chi connectivity index (χ0) is 21.1. The number of carbonyl (C=O) groups is 2. The number of Topliss-reactive ketones (excluding diaryl/α,β-unsaturated/α-hetero) is 1. The van der Waals surface area contributed by atoms with Gasteiger partial charge in [0.25, 0.3) is 0 Å².